The summed E-state index contributed by atoms with van der Waals surface area (Å²) in [6.07, 6.45) is 0. The molecule has 3 nitrogen and oxygen atoms in total. The van der Waals surface area contributed by atoms with Crippen molar-refractivity contribution in [2.45, 2.75) is 38.9 Å². The Morgan fingerprint density at radius 1 is 1.26 bits per heavy atom. The van der Waals surface area contributed by atoms with Crippen LogP contribution in [0.2, 0.25) is 0 Å². The smallest absolute Gasteiger partial charge is 0.0502 e. The molecular formula is C16H27N3. The van der Waals surface area contributed by atoms with Crippen molar-refractivity contribution >= 4 is 0 Å². The van der Waals surface area contributed by atoms with Gasteiger partial charge in [-0.05, 0) is 38.9 Å². The Morgan fingerprint density at radius 2 is 1.95 bits per heavy atom. The molecule has 2 rings (SSSR count). The van der Waals surface area contributed by atoms with E-state index in [2.05, 4.69) is 61.9 Å². The molecule has 0 bridgehead atoms. The summed E-state index contributed by atoms with van der Waals surface area (Å²) in [5, 5.41) is 0. The maximum atomic E-state index is 6.31. The quantitative estimate of drug-likeness (QED) is 0.903. The van der Waals surface area contributed by atoms with E-state index >= 15 is 0 Å². The van der Waals surface area contributed by atoms with Crippen LogP contribution in [-0.2, 0) is 0 Å². The number of hydrogen-bond acceptors (Lipinski definition) is 3. The Balaban J connectivity index is 2.28. The first-order valence-corrected chi connectivity index (χ1v) is 7.26. The summed E-state index contributed by atoms with van der Waals surface area (Å²) in [5.74, 6) is 0. The third kappa shape index (κ3) is 3.16. The van der Waals surface area contributed by atoms with Gasteiger partial charge in [0.05, 0.1) is 6.04 Å². The van der Waals surface area contributed by atoms with Gasteiger partial charge in [-0.15, -0.1) is 0 Å². The Bertz CT molecular complexity index is 416. The Morgan fingerprint density at radius 3 is 2.53 bits per heavy atom. The van der Waals surface area contributed by atoms with E-state index in [9.17, 15) is 0 Å². The standard InChI is InChI=1S/C16H27N3/c1-12-7-5-6-8-15(12)16(14(3)17)19-10-9-18(4)11-13(19)2/h5-8,13-14,16H,9-11,17H2,1-4H3. The predicted octanol–water partition coefficient (Wildman–Crippen LogP) is 2.02. The van der Waals surface area contributed by atoms with Crippen molar-refractivity contribution in [3.63, 3.8) is 0 Å². The molecule has 1 aromatic rings. The molecule has 3 unspecified atom stereocenters. The molecule has 0 radical (unpaired) electrons. The summed E-state index contributed by atoms with van der Waals surface area (Å²) < 4.78 is 0. The Kier molecular flexibility index (Phi) is 4.61. The van der Waals surface area contributed by atoms with Crippen molar-refractivity contribution in [2.24, 2.45) is 5.73 Å². The van der Waals surface area contributed by atoms with E-state index in [0.29, 0.717) is 12.1 Å². The lowest BCUT2D eigenvalue weighted by Crippen LogP contribution is -2.54. The van der Waals surface area contributed by atoms with Gasteiger partial charge in [0, 0.05) is 31.7 Å². The number of benzene rings is 1. The minimum Gasteiger partial charge on any atom is -0.326 e. The van der Waals surface area contributed by atoms with Crippen LogP contribution < -0.4 is 5.73 Å². The molecule has 2 N–H and O–H groups in total. The SMILES string of the molecule is Cc1ccccc1C(C(C)N)N1CCN(C)CC1C. The summed E-state index contributed by atoms with van der Waals surface area (Å²) in [4.78, 5) is 4.98. The molecule has 0 aliphatic carbocycles. The second kappa shape index (κ2) is 6.04. The zero-order valence-electron chi connectivity index (χ0n) is 12.6. The van der Waals surface area contributed by atoms with Crippen molar-refractivity contribution in [1.82, 2.24) is 9.80 Å². The molecule has 1 aliphatic heterocycles. The van der Waals surface area contributed by atoms with E-state index < -0.39 is 0 Å². The van der Waals surface area contributed by atoms with Crippen LogP contribution >= 0.6 is 0 Å². The second-order valence-electron chi connectivity index (χ2n) is 6.01. The molecule has 0 spiro atoms. The Labute approximate surface area is 117 Å². The molecular weight excluding hydrogens is 234 g/mol. The largest absolute Gasteiger partial charge is 0.326 e. The van der Waals surface area contributed by atoms with Crippen molar-refractivity contribution in [2.75, 3.05) is 26.7 Å². The van der Waals surface area contributed by atoms with Crippen LogP contribution in [0.25, 0.3) is 0 Å². The van der Waals surface area contributed by atoms with Crippen LogP contribution in [0, 0.1) is 6.92 Å². The first-order valence-electron chi connectivity index (χ1n) is 7.26. The minimum atomic E-state index is 0.145. The lowest BCUT2D eigenvalue weighted by molar-refractivity contribution is 0.0519. The third-order valence-electron chi connectivity index (χ3n) is 4.24. The van der Waals surface area contributed by atoms with Gasteiger partial charge in [-0.3, -0.25) is 4.90 Å². The fraction of sp³-hybridized carbons (Fsp3) is 0.625. The van der Waals surface area contributed by atoms with Gasteiger partial charge in [-0.1, -0.05) is 24.3 Å². The fourth-order valence-corrected chi connectivity index (χ4v) is 3.25. The van der Waals surface area contributed by atoms with E-state index in [1.807, 2.05) is 0 Å². The fourth-order valence-electron chi connectivity index (χ4n) is 3.25. The van der Waals surface area contributed by atoms with Gasteiger partial charge in [0.1, 0.15) is 0 Å². The van der Waals surface area contributed by atoms with Gasteiger partial charge in [0.15, 0.2) is 0 Å². The summed E-state index contributed by atoms with van der Waals surface area (Å²) in [5.41, 5.74) is 9.04. The third-order valence-corrected chi connectivity index (χ3v) is 4.24. The van der Waals surface area contributed by atoms with Gasteiger partial charge >= 0.3 is 0 Å². The maximum absolute atomic E-state index is 6.31. The summed E-state index contributed by atoms with van der Waals surface area (Å²) in [6, 6.07) is 9.66. The number of nitrogens with two attached hydrogens (primary N) is 1. The van der Waals surface area contributed by atoms with E-state index in [1.54, 1.807) is 0 Å². The lowest BCUT2D eigenvalue weighted by Gasteiger charge is -2.44. The molecule has 0 aromatic heterocycles. The van der Waals surface area contributed by atoms with E-state index in [0.717, 1.165) is 19.6 Å². The highest BCUT2D eigenvalue weighted by Gasteiger charge is 2.31. The average Bonchev–Trinajstić information content (AvgIpc) is 2.34. The predicted molar refractivity (Wildman–Crippen MR) is 81.2 cm³/mol. The van der Waals surface area contributed by atoms with Crippen LogP contribution in [0.4, 0.5) is 0 Å². The van der Waals surface area contributed by atoms with Gasteiger partial charge in [-0.25, -0.2) is 0 Å². The number of aryl methyl sites for hydroxylation is 1. The number of hydrogen-bond donors (Lipinski definition) is 1. The number of piperazine rings is 1. The highest BCUT2D eigenvalue weighted by atomic mass is 15.3. The van der Waals surface area contributed by atoms with Crippen LogP contribution in [0.5, 0.6) is 0 Å². The molecule has 1 aliphatic rings. The molecule has 0 saturated carbocycles. The number of likely N-dealkylation sites (N-methyl/N-ethyl adjacent to an activating group) is 1. The van der Waals surface area contributed by atoms with Crippen LogP contribution in [0.1, 0.15) is 31.0 Å². The topological polar surface area (TPSA) is 32.5 Å². The molecule has 1 saturated heterocycles. The van der Waals surface area contributed by atoms with E-state index in [-0.39, 0.29) is 6.04 Å². The van der Waals surface area contributed by atoms with Crippen molar-refractivity contribution in [3.8, 4) is 0 Å². The van der Waals surface area contributed by atoms with Crippen LogP contribution in [0.3, 0.4) is 0 Å². The zero-order valence-corrected chi connectivity index (χ0v) is 12.6. The Hall–Kier alpha value is -0.900. The van der Waals surface area contributed by atoms with Gasteiger partial charge < -0.3 is 10.6 Å². The normalized spacial score (nSPS) is 25.2. The summed E-state index contributed by atoms with van der Waals surface area (Å²) in [6.45, 7) is 9.96. The molecule has 3 heteroatoms. The van der Waals surface area contributed by atoms with Crippen molar-refractivity contribution in [1.29, 1.82) is 0 Å². The molecule has 19 heavy (non-hydrogen) atoms. The van der Waals surface area contributed by atoms with E-state index in [4.69, 9.17) is 5.73 Å². The molecule has 106 valence electrons. The zero-order chi connectivity index (χ0) is 14.0. The molecule has 1 fully saturated rings. The molecule has 3 atom stereocenters. The van der Waals surface area contributed by atoms with Gasteiger partial charge in [0.25, 0.3) is 0 Å². The van der Waals surface area contributed by atoms with E-state index in [1.165, 1.54) is 11.1 Å². The van der Waals surface area contributed by atoms with Gasteiger partial charge in [-0.2, -0.15) is 0 Å². The first-order chi connectivity index (χ1) is 9.00. The molecule has 1 heterocycles. The summed E-state index contributed by atoms with van der Waals surface area (Å²) >= 11 is 0. The van der Waals surface area contributed by atoms with Gasteiger partial charge in [0.2, 0.25) is 0 Å². The van der Waals surface area contributed by atoms with Crippen LogP contribution in [0.15, 0.2) is 24.3 Å². The first kappa shape index (κ1) is 14.5. The lowest BCUT2D eigenvalue weighted by atomic mass is 9.93. The minimum absolute atomic E-state index is 0.145. The van der Waals surface area contributed by atoms with Crippen molar-refractivity contribution < 1.29 is 0 Å². The molecule has 0 amide bonds. The average molecular weight is 261 g/mol. The number of nitrogens with zero attached hydrogens (tertiary/aromatic N) is 2. The highest BCUT2D eigenvalue weighted by Crippen LogP contribution is 2.29. The maximum Gasteiger partial charge on any atom is 0.0502 e. The number of rotatable bonds is 3. The summed E-state index contributed by atoms with van der Waals surface area (Å²) in [7, 11) is 2.20. The highest BCUT2D eigenvalue weighted by molar-refractivity contribution is 5.30. The molecule has 1 aromatic carbocycles. The van der Waals surface area contributed by atoms with Crippen LogP contribution in [-0.4, -0.2) is 48.6 Å². The second-order valence-corrected chi connectivity index (χ2v) is 6.01. The monoisotopic (exact) mass is 261 g/mol. The van der Waals surface area contributed by atoms with Crippen molar-refractivity contribution in [3.05, 3.63) is 35.4 Å².